The van der Waals surface area contributed by atoms with E-state index in [4.69, 9.17) is 14.2 Å². The van der Waals surface area contributed by atoms with E-state index in [1.807, 2.05) is 0 Å². The second-order valence-corrected chi connectivity index (χ2v) is 8.40. The van der Waals surface area contributed by atoms with E-state index in [-0.39, 0.29) is 5.41 Å². The quantitative estimate of drug-likeness (QED) is 0.814. The standard InChI is InChI=1S/C19H32N4O2/c1-15(2)17-20-18(25-21-17)19-6-3-5-16(19)13-23(14-19)9-8-22-7-4-11-24-12-10-22/h15-16H,3-14H2,1-2H3/t16-,19-/m1/s1. The lowest BCUT2D eigenvalue weighted by Gasteiger charge is -2.26. The molecule has 1 aromatic rings. The zero-order chi connectivity index (χ0) is 17.3. The normalized spacial score (nSPS) is 31.6. The smallest absolute Gasteiger partial charge is 0.234 e. The predicted molar refractivity (Wildman–Crippen MR) is 95.7 cm³/mol. The van der Waals surface area contributed by atoms with E-state index in [0.29, 0.717) is 11.8 Å². The molecule has 0 N–H and O–H groups in total. The molecule has 3 heterocycles. The molecule has 6 nitrogen and oxygen atoms in total. The summed E-state index contributed by atoms with van der Waals surface area (Å²) in [6, 6.07) is 0. The van der Waals surface area contributed by atoms with Gasteiger partial charge in [0.25, 0.3) is 0 Å². The van der Waals surface area contributed by atoms with E-state index in [1.165, 1.54) is 32.4 Å². The van der Waals surface area contributed by atoms with Gasteiger partial charge in [-0.05, 0) is 25.2 Å². The molecule has 6 heteroatoms. The third kappa shape index (κ3) is 3.49. The summed E-state index contributed by atoms with van der Waals surface area (Å²) in [5, 5.41) is 4.24. The van der Waals surface area contributed by atoms with E-state index in [1.54, 1.807) is 0 Å². The molecule has 25 heavy (non-hydrogen) atoms. The zero-order valence-electron chi connectivity index (χ0n) is 15.7. The van der Waals surface area contributed by atoms with Crippen LogP contribution in [-0.2, 0) is 10.2 Å². The summed E-state index contributed by atoms with van der Waals surface area (Å²) in [5.41, 5.74) is 0.113. The van der Waals surface area contributed by atoms with Crippen molar-refractivity contribution in [3.8, 4) is 0 Å². The van der Waals surface area contributed by atoms with Crippen LogP contribution in [0.3, 0.4) is 0 Å². The fraction of sp³-hybridized carbons (Fsp3) is 0.895. The molecule has 0 amide bonds. The maximum absolute atomic E-state index is 5.76. The first-order chi connectivity index (χ1) is 12.2. The maximum Gasteiger partial charge on any atom is 0.234 e. The molecule has 140 valence electrons. The number of ether oxygens (including phenoxy) is 1. The van der Waals surface area contributed by atoms with Crippen molar-refractivity contribution in [2.75, 3.05) is 52.5 Å². The molecule has 3 aliphatic rings. The lowest BCUT2D eigenvalue weighted by atomic mass is 9.80. The molecule has 0 radical (unpaired) electrons. The Morgan fingerprint density at radius 1 is 1.16 bits per heavy atom. The minimum absolute atomic E-state index is 0.113. The van der Waals surface area contributed by atoms with Crippen molar-refractivity contribution in [3.05, 3.63) is 11.7 Å². The number of hydrogen-bond donors (Lipinski definition) is 0. The second kappa shape index (κ2) is 7.33. The summed E-state index contributed by atoms with van der Waals surface area (Å²) in [7, 11) is 0. The van der Waals surface area contributed by atoms with Gasteiger partial charge in [0.15, 0.2) is 5.82 Å². The largest absolute Gasteiger partial charge is 0.380 e. The zero-order valence-corrected chi connectivity index (χ0v) is 15.7. The highest BCUT2D eigenvalue weighted by Gasteiger charge is 2.54. The molecular weight excluding hydrogens is 316 g/mol. The van der Waals surface area contributed by atoms with Crippen LogP contribution in [0, 0.1) is 5.92 Å². The van der Waals surface area contributed by atoms with Gasteiger partial charge < -0.3 is 14.2 Å². The first-order valence-electron chi connectivity index (χ1n) is 10.0. The van der Waals surface area contributed by atoms with Crippen LogP contribution in [0.25, 0.3) is 0 Å². The third-order valence-electron chi connectivity index (χ3n) is 6.37. The van der Waals surface area contributed by atoms with Crippen molar-refractivity contribution in [3.63, 3.8) is 0 Å². The number of hydrogen-bond acceptors (Lipinski definition) is 6. The summed E-state index contributed by atoms with van der Waals surface area (Å²) >= 11 is 0. The fourth-order valence-electron chi connectivity index (χ4n) is 4.89. The van der Waals surface area contributed by atoms with E-state index >= 15 is 0 Å². The van der Waals surface area contributed by atoms with E-state index in [2.05, 4.69) is 28.8 Å². The molecule has 2 atom stereocenters. The fourth-order valence-corrected chi connectivity index (χ4v) is 4.89. The molecule has 1 saturated carbocycles. The van der Waals surface area contributed by atoms with Gasteiger partial charge >= 0.3 is 0 Å². The van der Waals surface area contributed by atoms with Gasteiger partial charge in [0.1, 0.15) is 0 Å². The highest BCUT2D eigenvalue weighted by molar-refractivity contribution is 5.17. The van der Waals surface area contributed by atoms with Crippen molar-refractivity contribution in [1.82, 2.24) is 19.9 Å². The molecule has 1 aromatic heterocycles. The van der Waals surface area contributed by atoms with Gasteiger partial charge in [0, 0.05) is 51.8 Å². The van der Waals surface area contributed by atoms with Crippen molar-refractivity contribution in [1.29, 1.82) is 0 Å². The molecular formula is C19H32N4O2. The van der Waals surface area contributed by atoms with E-state index < -0.39 is 0 Å². The lowest BCUT2D eigenvalue weighted by Crippen LogP contribution is -2.37. The SMILES string of the molecule is CC(C)c1noc([C@@]23CCC[C@@H]2CN(CCN2CCCOCC2)C3)n1. The summed E-state index contributed by atoms with van der Waals surface area (Å²) in [6.45, 7) is 12.9. The average molecular weight is 348 g/mol. The Balaban J connectivity index is 1.40. The monoisotopic (exact) mass is 348 g/mol. The van der Waals surface area contributed by atoms with Crippen molar-refractivity contribution >= 4 is 0 Å². The predicted octanol–water partition coefficient (Wildman–Crippen LogP) is 2.27. The van der Waals surface area contributed by atoms with Crippen LogP contribution in [0.2, 0.25) is 0 Å². The highest BCUT2D eigenvalue weighted by atomic mass is 16.5. The van der Waals surface area contributed by atoms with Crippen molar-refractivity contribution in [2.45, 2.75) is 50.9 Å². The Kier molecular flexibility index (Phi) is 5.11. The van der Waals surface area contributed by atoms with Crippen LogP contribution in [0.1, 0.15) is 57.2 Å². The van der Waals surface area contributed by atoms with Crippen molar-refractivity contribution < 1.29 is 9.26 Å². The van der Waals surface area contributed by atoms with Gasteiger partial charge in [-0.15, -0.1) is 0 Å². The molecule has 4 rings (SSSR count). The van der Waals surface area contributed by atoms with Gasteiger partial charge in [-0.25, -0.2) is 0 Å². The lowest BCUT2D eigenvalue weighted by molar-refractivity contribution is 0.138. The maximum atomic E-state index is 5.76. The van der Waals surface area contributed by atoms with Gasteiger partial charge in [-0.1, -0.05) is 25.4 Å². The Labute approximate surface area is 150 Å². The summed E-state index contributed by atoms with van der Waals surface area (Å²) in [6.07, 6.45) is 4.95. The van der Waals surface area contributed by atoms with Crippen LogP contribution >= 0.6 is 0 Å². The number of aromatic nitrogens is 2. The minimum atomic E-state index is 0.113. The first kappa shape index (κ1) is 17.4. The molecule has 0 spiro atoms. The average Bonchev–Trinajstić information content (AvgIpc) is 3.23. The number of rotatable bonds is 5. The molecule has 3 fully saturated rings. The Hall–Kier alpha value is -0.980. The van der Waals surface area contributed by atoms with Crippen molar-refractivity contribution in [2.24, 2.45) is 5.92 Å². The van der Waals surface area contributed by atoms with E-state index in [9.17, 15) is 0 Å². The van der Waals surface area contributed by atoms with Gasteiger partial charge in [-0.3, -0.25) is 4.90 Å². The van der Waals surface area contributed by atoms with Crippen LogP contribution in [0.5, 0.6) is 0 Å². The summed E-state index contributed by atoms with van der Waals surface area (Å²) in [4.78, 5) is 9.98. The highest BCUT2D eigenvalue weighted by Crippen LogP contribution is 2.49. The molecule has 0 bridgehead atoms. The summed E-state index contributed by atoms with van der Waals surface area (Å²) < 4.78 is 11.3. The van der Waals surface area contributed by atoms with E-state index in [0.717, 1.165) is 57.5 Å². The Morgan fingerprint density at radius 3 is 2.88 bits per heavy atom. The number of likely N-dealkylation sites (tertiary alicyclic amines) is 1. The van der Waals surface area contributed by atoms with Gasteiger partial charge in [0.05, 0.1) is 12.0 Å². The first-order valence-corrected chi connectivity index (χ1v) is 10.0. The molecule has 1 aliphatic carbocycles. The minimum Gasteiger partial charge on any atom is -0.380 e. The van der Waals surface area contributed by atoms with Crippen LogP contribution in [-0.4, -0.2) is 72.4 Å². The second-order valence-electron chi connectivity index (χ2n) is 8.40. The molecule has 0 aromatic carbocycles. The van der Waals surface area contributed by atoms with Crippen LogP contribution in [0.4, 0.5) is 0 Å². The molecule has 2 saturated heterocycles. The van der Waals surface area contributed by atoms with Crippen LogP contribution < -0.4 is 0 Å². The van der Waals surface area contributed by atoms with Gasteiger partial charge in [-0.2, -0.15) is 4.98 Å². The van der Waals surface area contributed by atoms with Gasteiger partial charge in [0.2, 0.25) is 5.89 Å². The number of nitrogens with zero attached hydrogens (tertiary/aromatic N) is 4. The number of fused-ring (bicyclic) bond motifs is 1. The molecule has 2 aliphatic heterocycles. The van der Waals surface area contributed by atoms with Crippen LogP contribution in [0.15, 0.2) is 4.52 Å². The summed E-state index contributed by atoms with van der Waals surface area (Å²) in [5.74, 6) is 2.78. The third-order valence-corrected chi connectivity index (χ3v) is 6.37. The molecule has 0 unspecified atom stereocenters. The topological polar surface area (TPSA) is 54.6 Å². The Morgan fingerprint density at radius 2 is 2.04 bits per heavy atom. The Bertz CT molecular complexity index is 568.